The van der Waals surface area contributed by atoms with E-state index in [0.29, 0.717) is 11.6 Å². The third-order valence-corrected chi connectivity index (χ3v) is 2.89. The number of benzene rings is 1. The standard InChI is InChI=1S/C11H15BrClNO/c1-8(3-2-6-14)15-11-5-4-9(13)7-10(11)12/h4-5,7-8H,2-3,6,14H2,1H3. The lowest BCUT2D eigenvalue weighted by Crippen LogP contribution is -2.14. The van der Waals surface area contributed by atoms with Crippen molar-refractivity contribution in [3.63, 3.8) is 0 Å². The van der Waals surface area contributed by atoms with E-state index < -0.39 is 0 Å². The Balaban J connectivity index is 2.56. The van der Waals surface area contributed by atoms with Gasteiger partial charge in [-0.05, 0) is 60.4 Å². The fourth-order valence-corrected chi connectivity index (χ4v) is 2.03. The minimum atomic E-state index is 0.172. The summed E-state index contributed by atoms with van der Waals surface area (Å²) in [5, 5.41) is 0.698. The van der Waals surface area contributed by atoms with Crippen LogP contribution in [0.15, 0.2) is 22.7 Å². The van der Waals surface area contributed by atoms with E-state index in [2.05, 4.69) is 15.9 Å². The largest absolute Gasteiger partial charge is 0.490 e. The highest BCUT2D eigenvalue weighted by atomic mass is 79.9. The molecule has 1 atom stereocenters. The molecule has 1 aromatic carbocycles. The van der Waals surface area contributed by atoms with Crippen molar-refractivity contribution in [3.05, 3.63) is 27.7 Å². The summed E-state index contributed by atoms with van der Waals surface area (Å²) in [5.41, 5.74) is 5.44. The molecule has 0 aliphatic rings. The highest BCUT2D eigenvalue weighted by Gasteiger charge is 2.06. The van der Waals surface area contributed by atoms with E-state index in [1.54, 1.807) is 0 Å². The Bertz CT molecular complexity index is 319. The van der Waals surface area contributed by atoms with E-state index in [9.17, 15) is 0 Å². The van der Waals surface area contributed by atoms with Gasteiger partial charge >= 0.3 is 0 Å². The van der Waals surface area contributed by atoms with Gasteiger partial charge in [-0.1, -0.05) is 11.6 Å². The van der Waals surface area contributed by atoms with E-state index in [4.69, 9.17) is 22.1 Å². The van der Waals surface area contributed by atoms with E-state index in [0.717, 1.165) is 23.1 Å². The number of ether oxygens (including phenoxy) is 1. The molecule has 4 heteroatoms. The Morgan fingerprint density at radius 3 is 2.87 bits per heavy atom. The second-order valence-corrected chi connectivity index (χ2v) is 4.72. The zero-order valence-corrected chi connectivity index (χ0v) is 11.0. The van der Waals surface area contributed by atoms with Gasteiger partial charge in [-0.15, -0.1) is 0 Å². The average Bonchev–Trinajstić information content (AvgIpc) is 2.19. The fraction of sp³-hybridized carbons (Fsp3) is 0.455. The summed E-state index contributed by atoms with van der Waals surface area (Å²) in [6.45, 7) is 2.74. The van der Waals surface area contributed by atoms with Crippen molar-refractivity contribution >= 4 is 27.5 Å². The molecule has 0 saturated carbocycles. The van der Waals surface area contributed by atoms with Gasteiger partial charge in [0.05, 0.1) is 10.6 Å². The minimum absolute atomic E-state index is 0.172. The summed E-state index contributed by atoms with van der Waals surface area (Å²) < 4.78 is 6.62. The monoisotopic (exact) mass is 291 g/mol. The zero-order valence-electron chi connectivity index (χ0n) is 8.67. The molecule has 0 amide bonds. The van der Waals surface area contributed by atoms with Crippen molar-refractivity contribution in [1.82, 2.24) is 0 Å². The number of hydrogen-bond donors (Lipinski definition) is 1. The van der Waals surface area contributed by atoms with Crippen molar-refractivity contribution < 1.29 is 4.74 Å². The van der Waals surface area contributed by atoms with Gasteiger partial charge < -0.3 is 10.5 Å². The third-order valence-electron chi connectivity index (χ3n) is 2.04. The summed E-state index contributed by atoms with van der Waals surface area (Å²) in [7, 11) is 0. The minimum Gasteiger partial charge on any atom is -0.490 e. The van der Waals surface area contributed by atoms with Crippen LogP contribution in [-0.2, 0) is 0 Å². The maximum atomic E-state index is 5.84. The van der Waals surface area contributed by atoms with Crippen LogP contribution in [0.2, 0.25) is 5.02 Å². The van der Waals surface area contributed by atoms with Crippen LogP contribution in [0.1, 0.15) is 19.8 Å². The maximum Gasteiger partial charge on any atom is 0.133 e. The Labute approximate surface area is 104 Å². The van der Waals surface area contributed by atoms with Gasteiger partial charge in [0.15, 0.2) is 0 Å². The van der Waals surface area contributed by atoms with E-state index in [1.807, 2.05) is 25.1 Å². The molecule has 0 aliphatic carbocycles. The quantitative estimate of drug-likeness (QED) is 0.900. The van der Waals surface area contributed by atoms with Crippen molar-refractivity contribution in [2.45, 2.75) is 25.9 Å². The molecule has 84 valence electrons. The molecule has 0 bridgehead atoms. The van der Waals surface area contributed by atoms with Gasteiger partial charge in [0.1, 0.15) is 5.75 Å². The van der Waals surface area contributed by atoms with Crippen LogP contribution in [0.5, 0.6) is 5.75 Å². The molecule has 0 aliphatic heterocycles. The molecule has 0 radical (unpaired) electrons. The Hall–Kier alpha value is -0.250. The number of rotatable bonds is 5. The summed E-state index contributed by atoms with van der Waals surface area (Å²) >= 11 is 9.24. The molecule has 0 saturated heterocycles. The van der Waals surface area contributed by atoms with Crippen molar-refractivity contribution in [2.24, 2.45) is 5.73 Å². The average molecular weight is 293 g/mol. The molecule has 15 heavy (non-hydrogen) atoms. The number of nitrogens with two attached hydrogens (primary N) is 1. The van der Waals surface area contributed by atoms with Gasteiger partial charge in [-0.3, -0.25) is 0 Å². The Morgan fingerprint density at radius 2 is 2.27 bits per heavy atom. The predicted octanol–water partition coefficient (Wildman–Crippen LogP) is 3.61. The first-order valence-electron chi connectivity index (χ1n) is 4.95. The van der Waals surface area contributed by atoms with Gasteiger partial charge in [0.2, 0.25) is 0 Å². The first-order valence-corrected chi connectivity index (χ1v) is 6.12. The molecule has 0 spiro atoms. The van der Waals surface area contributed by atoms with Crippen molar-refractivity contribution in [2.75, 3.05) is 6.54 Å². The Morgan fingerprint density at radius 1 is 1.53 bits per heavy atom. The Kier molecular flexibility index (Phi) is 5.43. The summed E-state index contributed by atoms with van der Waals surface area (Å²) in [5.74, 6) is 0.823. The van der Waals surface area contributed by atoms with Crippen LogP contribution in [0.3, 0.4) is 0 Å². The van der Waals surface area contributed by atoms with Gasteiger partial charge in [0.25, 0.3) is 0 Å². The van der Waals surface area contributed by atoms with E-state index in [-0.39, 0.29) is 6.10 Å². The zero-order chi connectivity index (χ0) is 11.3. The lowest BCUT2D eigenvalue weighted by atomic mass is 10.2. The number of hydrogen-bond acceptors (Lipinski definition) is 2. The second kappa shape index (κ2) is 6.36. The molecule has 1 rings (SSSR count). The second-order valence-electron chi connectivity index (χ2n) is 3.43. The van der Waals surface area contributed by atoms with Crippen LogP contribution in [-0.4, -0.2) is 12.6 Å². The highest BCUT2D eigenvalue weighted by molar-refractivity contribution is 9.10. The predicted molar refractivity (Wildman–Crippen MR) is 67.5 cm³/mol. The number of halogens is 2. The highest BCUT2D eigenvalue weighted by Crippen LogP contribution is 2.29. The van der Waals surface area contributed by atoms with Crippen LogP contribution in [0, 0.1) is 0 Å². The molecule has 1 unspecified atom stereocenters. The topological polar surface area (TPSA) is 35.2 Å². The van der Waals surface area contributed by atoms with Gasteiger partial charge in [-0.2, -0.15) is 0 Å². The van der Waals surface area contributed by atoms with Gasteiger partial charge in [0, 0.05) is 5.02 Å². The fourth-order valence-electron chi connectivity index (χ4n) is 1.25. The summed E-state index contributed by atoms with van der Waals surface area (Å²) in [6.07, 6.45) is 2.11. The van der Waals surface area contributed by atoms with Gasteiger partial charge in [-0.25, -0.2) is 0 Å². The lowest BCUT2D eigenvalue weighted by Gasteiger charge is -2.15. The molecule has 0 heterocycles. The van der Waals surface area contributed by atoms with Crippen molar-refractivity contribution in [1.29, 1.82) is 0 Å². The van der Waals surface area contributed by atoms with Crippen LogP contribution in [0.4, 0.5) is 0 Å². The molecule has 1 aromatic rings. The first kappa shape index (κ1) is 12.8. The molecule has 2 nitrogen and oxygen atoms in total. The summed E-state index contributed by atoms with van der Waals surface area (Å²) in [4.78, 5) is 0. The maximum absolute atomic E-state index is 5.84. The normalized spacial score (nSPS) is 12.5. The van der Waals surface area contributed by atoms with Crippen molar-refractivity contribution in [3.8, 4) is 5.75 Å². The van der Waals surface area contributed by atoms with E-state index in [1.165, 1.54) is 0 Å². The van der Waals surface area contributed by atoms with Crippen LogP contribution in [0.25, 0.3) is 0 Å². The molecular weight excluding hydrogens is 277 g/mol. The van der Waals surface area contributed by atoms with Crippen LogP contribution < -0.4 is 10.5 Å². The smallest absolute Gasteiger partial charge is 0.133 e. The molecular formula is C11H15BrClNO. The lowest BCUT2D eigenvalue weighted by molar-refractivity contribution is 0.207. The van der Waals surface area contributed by atoms with E-state index >= 15 is 0 Å². The van der Waals surface area contributed by atoms with Crippen LogP contribution >= 0.6 is 27.5 Å². The first-order chi connectivity index (χ1) is 7.13. The SMILES string of the molecule is CC(CCCN)Oc1ccc(Cl)cc1Br. The molecule has 0 fully saturated rings. The molecule has 0 aromatic heterocycles. The third kappa shape index (κ3) is 4.41. The molecule has 2 N–H and O–H groups in total. The summed E-state index contributed by atoms with van der Waals surface area (Å²) in [6, 6.07) is 5.51.